The standard InChI is InChI=1S/C21H23N5O/c22-12-18-5-1-6-19(24-18)25-11-3-8-21(15-25)9-7-20(27)26(16-21)14-17-4-2-10-23-13-17/h1-2,4-6,10,13H,3,7-9,11,14-16H2/t21-/m1/s1. The van der Waals surface area contributed by atoms with Crippen molar-refractivity contribution in [3.63, 3.8) is 0 Å². The molecule has 0 bridgehead atoms. The van der Waals surface area contributed by atoms with Crippen LogP contribution in [0.3, 0.4) is 0 Å². The lowest BCUT2D eigenvalue weighted by molar-refractivity contribution is -0.138. The summed E-state index contributed by atoms with van der Waals surface area (Å²) in [5.74, 6) is 1.09. The Hall–Kier alpha value is -2.94. The molecule has 138 valence electrons. The fourth-order valence-corrected chi connectivity index (χ4v) is 4.36. The molecule has 2 aliphatic rings. The molecule has 0 saturated carbocycles. The van der Waals surface area contributed by atoms with Gasteiger partial charge in [0.05, 0.1) is 0 Å². The second-order valence-electron chi connectivity index (χ2n) is 7.63. The van der Waals surface area contributed by atoms with E-state index in [0.29, 0.717) is 18.7 Å². The van der Waals surface area contributed by atoms with Crippen molar-refractivity contribution in [3.05, 3.63) is 54.0 Å². The van der Waals surface area contributed by atoms with Crippen LogP contribution in [0.2, 0.25) is 0 Å². The highest BCUT2D eigenvalue weighted by molar-refractivity contribution is 5.77. The van der Waals surface area contributed by atoms with Gasteiger partial charge in [-0.15, -0.1) is 0 Å². The Morgan fingerprint density at radius 2 is 2.11 bits per heavy atom. The van der Waals surface area contributed by atoms with Crippen LogP contribution >= 0.6 is 0 Å². The van der Waals surface area contributed by atoms with Crippen molar-refractivity contribution in [2.45, 2.75) is 32.2 Å². The van der Waals surface area contributed by atoms with Crippen molar-refractivity contribution in [2.75, 3.05) is 24.5 Å². The Morgan fingerprint density at radius 3 is 2.93 bits per heavy atom. The van der Waals surface area contributed by atoms with Crippen LogP contribution in [0, 0.1) is 16.7 Å². The fourth-order valence-electron chi connectivity index (χ4n) is 4.36. The highest BCUT2D eigenvalue weighted by Crippen LogP contribution is 2.40. The zero-order valence-corrected chi connectivity index (χ0v) is 15.3. The maximum Gasteiger partial charge on any atom is 0.222 e. The summed E-state index contributed by atoms with van der Waals surface area (Å²) >= 11 is 0. The third-order valence-electron chi connectivity index (χ3n) is 5.68. The molecule has 6 nitrogen and oxygen atoms in total. The summed E-state index contributed by atoms with van der Waals surface area (Å²) in [5, 5.41) is 9.13. The minimum Gasteiger partial charge on any atom is -0.356 e. The first-order valence-electron chi connectivity index (χ1n) is 9.46. The van der Waals surface area contributed by atoms with Crippen LogP contribution in [0.15, 0.2) is 42.7 Å². The molecule has 0 radical (unpaired) electrons. The van der Waals surface area contributed by atoms with Gasteiger partial charge in [0.1, 0.15) is 17.6 Å². The van der Waals surface area contributed by atoms with Gasteiger partial charge in [-0.2, -0.15) is 5.26 Å². The summed E-state index contributed by atoms with van der Waals surface area (Å²) in [6.07, 6.45) is 7.30. The molecule has 27 heavy (non-hydrogen) atoms. The third kappa shape index (κ3) is 3.77. The van der Waals surface area contributed by atoms with E-state index in [2.05, 4.69) is 20.9 Å². The highest BCUT2D eigenvalue weighted by Gasteiger charge is 2.42. The summed E-state index contributed by atoms with van der Waals surface area (Å²) in [4.78, 5) is 25.4. The van der Waals surface area contributed by atoms with Crippen LogP contribution in [-0.2, 0) is 11.3 Å². The van der Waals surface area contributed by atoms with Gasteiger partial charge >= 0.3 is 0 Å². The quantitative estimate of drug-likeness (QED) is 0.840. The minimum atomic E-state index is 0.0959. The number of piperidine rings is 2. The van der Waals surface area contributed by atoms with E-state index >= 15 is 0 Å². The number of likely N-dealkylation sites (tertiary alicyclic amines) is 1. The van der Waals surface area contributed by atoms with Gasteiger partial charge in [-0.3, -0.25) is 9.78 Å². The fraction of sp³-hybridized carbons (Fsp3) is 0.429. The van der Waals surface area contributed by atoms with Gasteiger partial charge in [-0.1, -0.05) is 12.1 Å². The van der Waals surface area contributed by atoms with Gasteiger partial charge in [-0.05, 0) is 43.0 Å². The van der Waals surface area contributed by atoms with E-state index in [1.54, 1.807) is 12.3 Å². The number of nitriles is 1. The molecule has 4 rings (SSSR count). The summed E-state index contributed by atoms with van der Waals surface area (Å²) in [5.41, 5.74) is 1.61. The highest BCUT2D eigenvalue weighted by atomic mass is 16.2. The first-order chi connectivity index (χ1) is 13.2. The number of pyridine rings is 2. The maximum atomic E-state index is 12.5. The zero-order valence-electron chi connectivity index (χ0n) is 15.3. The summed E-state index contributed by atoms with van der Waals surface area (Å²) in [6, 6.07) is 11.7. The van der Waals surface area contributed by atoms with Crippen LogP contribution < -0.4 is 4.90 Å². The number of aromatic nitrogens is 2. The predicted molar refractivity (Wildman–Crippen MR) is 102 cm³/mol. The van der Waals surface area contributed by atoms with Crippen LogP contribution in [0.25, 0.3) is 0 Å². The summed E-state index contributed by atoms with van der Waals surface area (Å²) < 4.78 is 0. The van der Waals surface area contributed by atoms with E-state index in [1.165, 1.54) is 0 Å². The average molecular weight is 361 g/mol. The molecule has 1 amide bonds. The smallest absolute Gasteiger partial charge is 0.222 e. The van der Waals surface area contributed by atoms with Crippen LogP contribution in [0.4, 0.5) is 5.82 Å². The number of anilines is 1. The molecule has 0 N–H and O–H groups in total. The summed E-state index contributed by atoms with van der Waals surface area (Å²) in [6.45, 7) is 3.22. The molecule has 1 atom stereocenters. The molecule has 0 aliphatic carbocycles. The number of carbonyl (C=O) groups excluding carboxylic acids is 1. The summed E-state index contributed by atoms with van der Waals surface area (Å²) in [7, 11) is 0. The van der Waals surface area contributed by atoms with Crippen molar-refractivity contribution in [2.24, 2.45) is 5.41 Å². The van der Waals surface area contributed by atoms with Gasteiger partial charge in [0, 0.05) is 50.4 Å². The van der Waals surface area contributed by atoms with E-state index in [-0.39, 0.29) is 11.3 Å². The van der Waals surface area contributed by atoms with Crippen molar-refractivity contribution < 1.29 is 4.79 Å². The molecule has 2 aromatic heterocycles. The maximum absolute atomic E-state index is 12.5. The number of amides is 1. The van der Waals surface area contributed by atoms with Crippen molar-refractivity contribution in [1.82, 2.24) is 14.9 Å². The van der Waals surface area contributed by atoms with E-state index in [0.717, 1.165) is 50.3 Å². The molecule has 0 unspecified atom stereocenters. The van der Waals surface area contributed by atoms with E-state index in [9.17, 15) is 4.79 Å². The number of hydrogen-bond donors (Lipinski definition) is 0. The predicted octanol–water partition coefficient (Wildman–Crippen LogP) is 2.76. The third-order valence-corrected chi connectivity index (χ3v) is 5.68. The molecule has 6 heteroatoms. The topological polar surface area (TPSA) is 73.1 Å². The second kappa shape index (κ2) is 7.36. The lowest BCUT2D eigenvalue weighted by atomic mass is 9.73. The molecule has 2 aromatic rings. The van der Waals surface area contributed by atoms with E-state index < -0.39 is 0 Å². The molecule has 4 heterocycles. The van der Waals surface area contributed by atoms with Crippen LogP contribution in [0.1, 0.15) is 36.9 Å². The second-order valence-corrected chi connectivity index (χ2v) is 7.63. The van der Waals surface area contributed by atoms with Crippen molar-refractivity contribution >= 4 is 11.7 Å². The molecular formula is C21H23N5O. The minimum absolute atomic E-state index is 0.0959. The SMILES string of the molecule is N#Cc1cccc(N2CCC[C@@]3(CCC(=O)N(Cc4cccnc4)C3)C2)n1. The van der Waals surface area contributed by atoms with Gasteiger partial charge in [0.15, 0.2) is 0 Å². The number of nitrogens with zero attached hydrogens (tertiary/aromatic N) is 5. The van der Waals surface area contributed by atoms with Crippen molar-refractivity contribution in [1.29, 1.82) is 5.26 Å². The number of hydrogen-bond acceptors (Lipinski definition) is 5. The van der Waals surface area contributed by atoms with Gasteiger partial charge < -0.3 is 9.80 Å². The number of rotatable bonds is 3. The normalized spacial score (nSPS) is 22.7. The van der Waals surface area contributed by atoms with Crippen LogP contribution in [-0.4, -0.2) is 40.4 Å². The Labute approximate surface area is 159 Å². The lowest BCUT2D eigenvalue weighted by Crippen LogP contribution is -2.54. The Balaban J connectivity index is 1.51. The largest absolute Gasteiger partial charge is 0.356 e. The first kappa shape index (κ1) is 17.5. The molecule has 1 spiro atoms. The van der Waals surface area contributed by atoms with Gasteiger partial charge in [-0.25, -0.2) is 4.98 Å². The molecule has 2 fully saturated rings. The van der Waals surface area contributed by atoms with Gasteiger partial charge in [0.2, 0.25) is 5.91 Å². The monoisotopic (exact) mass is 361 g/mol. The first-order valence-corrected chi connectivity index (χ1v) is 9.46. The zero-order chi connectivity index (χ0) is 18.7. The van der Waals surface area contributed by atoms with Gasteiger partial charge in [0.25, 0.3) is 0 Å². The van der Waals surface area contributed by atoms with E-state index in [1.807, 2.05) is 35.4 Å². The van der Waals surface area contributed by atoms with E-state index in [4.69, 9.17) is 5.26 Å². The molecular weight excluding hydrogens is 338 g/mol. The molecule has 2 saturated heterocycles. The Morgan fingerprint density at radius 1 is 1.19 bits per heavy atom. The lowest BCUT2D eigenvalue weighted by Gasteiger charge is -2.48. The Bertz CT molecular complexity index is 862. The number of carbonyl (C=O) groups is 1. The molecule has 2 aliphatic heterocycles. The Kier molecular flexibility index (Phi) is 4.76. The molecule has 0 aromatic carbocycles. The van der Waals surface area contributed by atoms with Crippen molar-refractivity contribution in [3.8, 4) is 6.07 Å². The van der Waals surface area contributed by atoms with Crippen LogP contribution in [0.5, 0.6) is 0 Å². The average Bonchev–Trinajstić information content (AvgIpc) is 2.72.